The molecule has 2 aliphatic rings. The average Bonchev–Trinajstić information content (AvgIpc) is 3.18. The number of carbonyl (C=O) groups is 1. The van der Waals surface area contributed by atoms with E-state index >= 15 is 0 Å². The van der Waals surface area contributed by atoms with Crippen molar-refractivity contribution < 1.29 is 27.4 Å². The van der Waals surface area contributed by atoms with E-state index in [9.17, 15) is 13.2 Å². The lowest BCUT2D eigenvalue weighted by Gasteiger charge is -2.26. The third-order valence-electron chi connectivity index (χ3n) is 4.48. The highest BCUT2D eigenvalue weighted by Crippen LogP contribution is 2.31. The Morgan fingerprint density at radius 3 is 2.59 bits per heavy atom. The number of hydrogen-bond acceptors (Lipinski definition) is 6. The maximum absolute atomic E-state index is 12.9. The number of ether oxygens (including phenoxy) is 3. The fourth-order valence-electron chi connectivity index (χ4n) is 3.04. The monoisotopic (exact) mass is 398 g/mol. The maximum Gasteiger partial charge on any atom is 0.243 e. The van der Waals surface area contributed by atoms with Crippen molar-refractivity contribution in [3.63, 3.8) is 0 Å². The number of hydrogen-bond donors (Lipinski definition) is 1. The lowest BCUT2D eigenvalue weighted by atomic mass is 10.1. The van der Waals surface area contributed by atoms with E-state index in [2.05, 4.69) is 5.32 Å². The summed E-state index contributed by atoms with van der Waals surface area (Å²) in [5.41, 5.74) is 0.356. The Morgan fingerprint density at radius 2 is 1.96 bits per heavy atom. The number of anilines is 1. The van der Waals surface area contributed by atoms with Crippen LogP contribution in [0, 0.1) is 5.92 Å². The van der Waals surface area contributed by atoms with Gasteiger partial charge in [-0.25, -0.2) is 8.42 Å². The molecule has 1 unspecified atom stereocenters. The molecule has 2 saturated heterocycles. The van der Waals surface area contributed by atoms with Crippen LogP contribution in [-0.2, 0) is 24.3 Å². The first-order chi connectivity index (χ1) is 12.9. The Labute approximate surface area is 159 Å². The van der Waals surface area contributed by atoms with Crippen LogP contribution in [0.4, 0.5) is 5.69 Å². The van der Waals surface area contributed by atoms with Crippen LogP contribution < -0.4 is 10.1 Å². The molecule has 0 aliphatic carbocycles. The first-order valence-corrected chi connectivity index (χ1v) is 10.6. The number of morpholine rings is 1. The number of amides is 1. The topological polar surface area (TPSA) is 94.2 Å². The lowest BCUT2D eigenvalue weighted by molar-refractivity contribution is -0.119. The molecule has 2 fully saturated rings. The zero-order chi connectivity index (χ0) is 19.4. The molecule has 150 valence electrons. The third-order valence-corrected chi connectivity index (χ3v) is 6.37. The number of nitrogens with zero attached hydrogens (tertiary/aromatic N) is 1. The fraction of sp³-hybridized carbons (Fsp3) is 0.611. The van der Waals surface area contributed by atoms with Gasteiger partial charge >= 0.3 is 0 Å². The Balaban J connectivity index is 1.88. The van der Waals surface area contributed by atoms with E-state index in [1.54, 1.807) is 6.07 Å². The van der Waals surface area contributed by atoms with Crippen LogP contribution in [0.1, 0.15) is 20.3 Å². The lowest BCUT2D eigenvalue weighted by Crippen LogP contribution is -2.40. The molecule has 2 heterocycles. The zero-order valence-corrected chi connectivity index (χ0v) is 16.5. The summed E-state index contributed by atoms with van der Waals surface area (Å²) < 4.78 is 43.5. The Morgan fingerprint density at radius 1 is 1.22 bits per heavy atom. The molecule has 1 aromatic rings. The molecule has 9 heteroatoms. The van der Waals surface area contributed by atoms with Crippen molar-refractivity contribution in [1.82, 2.24) is 4.31 Å². The maximum atomic E-state index is 12.9. The smallest absolute Gasteiger partial charge is 0.243 e. The van der Waals surface area contributed by atoms with Crippen molar-refractivity contribution in [3.05, 3.63) is 18.2 Å². The van der Waals surface area contributed by atoms with Gasteiger partial charge in [-0.05, 0) is 38.5 Å². The fourth-order valence-corrected chi connectivity index (χ4v) is 4.47. The highest BCUT2D eigenvalue weighted by molar-refractivity contribution is 7.89. The molecule has 0 saturated carbocycles. The van der Waals surface area contributed by atoms with Gasteiger partial charge in [0.15, 0.2) is 0 Å². The second-order valence-corrected chi connectivity index (χ2v) is 8.83. The van der Waals surface area contributed by atoms with Gasteiger partial charge < -0.3 is 19.5 Å². The van der Waals surface area contributed by atoms with Gasteiger partial charge in [0.05, 0.1) is 42.4 Å². The van der Waals surface area contributed by atoms with Gasteiger partial charge in [0, 0.05) is 19.7 Å². The first kappa shape index (κ1) is 20.1. The number of benzene rings is 1. The van der Waals surface area contributed by atoms with E-state index < -0.39 is 10.0 Å². The molecule has 1 N–H and O–H groups in total. The molecule has 0 aromatic heterocycles. The number of nitrogens with one attached hydrogen (secondary N) is 1. The van der Waals surface area contributed by atoms with Crippen LogP contribution in [-0.4, -0.2) is 64.3 Å². The van der Waals surface area contributed by atoms with Gasteiger partial charge in [-0.1, -0.05) is 0 Å². The largest absolute Gasteiger partial charge is 0.489 e. The van der Waals surface area contributed by atoms with Crippen LogP contribution in [0.2, 0.25) is 0 Å². The summed E-state index contributed by atoms with van der Waals surface area (Å²) in [6.45, 7) is 6.04. The molecule has 3 rings (SSSR count). The van der Waals surface area contributed by atoms with E-state index in [1.807, 2.05) is 13.8 Å². The van der Waals surface area contributed by atoms with Crippen molar-refractivity contribution in [3.8, 4) is 5.75 Å². The van der Waals surface area contributed by atoms with Crippen molar-refractivity contribution in [1.29, 1.82) is 0 Å². The minimum Gasteiger partial charge on any atom is -0.489 e. The quantitative estimate of drug-likeness (QED) is 0.780. The summed E-state index contributed by atoms with van der Waals surface area (Å²) >= 11 is 0. The number of carbonyl (C=O) groups excluding carboxylic acids is 1. The molecule has 1 aromatic carbocycles. The molecule has 0 radical (unpaired) electrons. The molecule has 8 nitrogen and oxygen atoms in total. The summed E-state index contributed by atoms with van der Waals surface area (Å²) in [5, 5.41) is 2.82. The summed E-state index contributed by atoms with van der Waals surface area (Å²) in [5.74, 6) is 0.0108. The first-order valence-electron chi connectivity index (χ1n) is 9.15. The Bertz CT molecular complexity index is 768. The molecule has 1 atom stereocenters. The molecule has 1 amide bonds. The summed E-state index contributed by atoms with van der Waals surface area (Å²) in [7, 11) is -3.66. The highest BCUT2D eigenvalue weighted by Gasteiger charge is 2.29. The Kier molecular flexibility index (Phi) is 6.36. The van der Waals surface area contributed by atoms with Crippen LogP contribution in [0.15, 0.2) is 23.1 Å². The third kappa shape index (κ3) is 4.78. The molecular formula is C18H26N2O6S. The zero-order valence-electron chi connectivity index (χ0n) is 15.6. The van der Waals surface area contributed by atoms with Crippen molar-refractivity contribution in [2.75, 3.05) is 44.8 Å². The predicted octanol–water partition coefficient (Wildman–Crippen LogP) is 1.47. The van der Waals surface area contributed by atoms with Crippen molar-refractivity contribution in [2.24, 2.45) is 5.92 Å². The van der Waals surface area contributed by atoms with Gasteiger partial charge in [-0.15, -0.1) is 0 Å². The van der Waals surface area contributed by atoms with E-state index in [0.717, 1.165) is 0 Å². The van der Waals surface area contributed by atoms with Crippen LogP contribution >= 0.6 is 0 Å². The summed E-state index contributed by atoms with van der Waals surface area (Å²) in [4.78, 5) is 12.6. The van der Waals surface area contributed by atoms with E-state index in [1.165, 1.54) is 16.4 Å². The second-order valence-electron chi connectivity index (χ2n) is 6.89. The highest BCUT2D eigenvalue weighted by atomic mass is 32.2. The van der Waals surface area contributed by atoms with Gasteiger partial charge in [0.2, 0.25) is 15.9 Å². The van der Waals surface area contributed by atoms with E-state index in [-0.39, 0.29) is 22.8 Å². The van der Waals surface area contributed by atoms with Crippen molar-refractivity contribution in [2.45, 2.75) is 31.3 Å². The van der Waals surface area contributed by atoms with E-state index in [4.69, 9.17) is 14.2 Å². The van der Waals surface area contributed by atoms with Crippen LogP contribution in [0.25, 0.3) is 0 Å². The number of sulfonamides is 1. The van der Waals surface area contributed by atoms with Crippen LogP contribution in [0.5, 0.6) is 5.75 Å². The second kappa shape index (κ2) is 8.55. The summed E-state index contributed by atoms with van der Waals surface area (Å²) in [6, 6.07) is 4.57. The normalized spacial score (nSPS) is 21.4. The minimum atomic E-state index is -3.66. The molecular weight excluding hydrogens is 372 g/mol. The Hall–Kier alpha value is -1.68. The molecule has 2 aliphatic heterocycles. The van der Waals surface area contributed by atoms with Gasteiger partial charge in [0.1, 0.15) is 5.75 Å². The van der Waals surface area contributed by atoms with Crippen molar-refractivity contribution >= 4 is 21.6 Å². The van der Waals surface area contributed by atoms with Gasteiger partial charge in [-0.2, -0.15) is 4.31 Å². The van der Waals surface area contributed by atoms with Gasteiger partial charge in [0.25, 0.3) is 0 Å². The average molecular weight is 398 g/mol. The molecule has 0 spiro atoms. The standard InChI is InChI=1S/C18H26N2O6S/c1-13(2)26-17-4-3-15(27(22,23)20-6-9-24-10-7-20)11-16(17)19-18(21)14-5-8-25-12-14/h3-4,11,13-14H,5-10,12H2,1-2H3,(H,19,21). The predicted molar refractivity (Wildman–Crippen MR) is 99.3 cm³/mol. The summed E-state index contributed by atoms with van der Waals surface area (Å²) in [6.07, 6.45) is 0.537. The minimum absolute atomic E-state index is 0.114. The SMILES string of the molecule is CC(C)Oc1ccc(S(=O)(=O)N2CCOCC2)cc1NC(=O)C1CCOC1. The van der Waals surface area contributed by atoms with Gasteiger partial charge in [-0.3, -0.25) is 4.79 Å². The number of rotatable bonds is 6. The van der Waals surface area contributed by atoms with Crippen LogP contribution in [0.3, 0.4) is 0 Å². The molecule has 0 bridgehead atoms. The van der Waals surface area contributed by atoms with E-state index in [0.29, 0.717) is 57.4 Å². The molecule has 27 heavy (non-hydrogen) atoms.